The Hall–Kier alpha value is 7.26. The van der Waals surface area contributed by atoms with Crippen molar-refractivity contribution in [3.8, 4) is 0 Å². The van der Waals surface area contributed by atoms with Crippen LogP contribution in [0.15, 0.2) is 0 Å². The number of aliphatic hydroxyl groups is 6. The zero-order valence-electron chi connectivity index (χ0n) is 53.6. The van der Waals surface area contributed by atoms with Crippen LogP contribution in [0.2, 0.25) is 0 Å². The van der Waals surface area contributed by atoms with E-state index in [4.69, 9.17) is 47.4 Å². The first-order valence-corrected chi connectivity index (χ1v) is 34.3. The normalized spacial score (nSPS) is 34.8. The predicted molar refractivity (Wildman–Crippen MR) is 242 cm³/mol. The van der Waals surface area contributed by atoms with Gasteiger partial charge in [0.05, 0.1) is 31.8 Å². The summed E-state index contributed by atoms with van der Waals surface area (Å²) in [5.41, 5.74) is 0. The smallest absolute Gasteiger partial charge is 0.735 e. The second kappa shape index (κ2) is 49.0. The van der Waals surface area contributed by atoms with Gasteiger partial charge in [0.2, 0.25) is 52.0 Å². The molecule has 5 rings (SSSR count). The minimum Gasteiger partial charge on any atom is -0.735 e. The number of hydrogen-bond donors (Lipinski definition) is 9. The molecule has 5 saturated heterocycles. The van der Waals surface area contributed by atoms with Gasteiger partial charge in [0.15, 0.2) is 68.5 Å². The Balaban J connectivity index is -0.00000226. The van der Waals surface area contributed by atoms with Gasteiger partial charge in [0.1, 0.15) is 116 Å². The third-order valence-electron chi connectivity index (χ3n) is 12.4. The van der Waals surface area contributed by atoms with Crippen LogP contribution < -0.4 is 320 Å². The van der Waals surface area contributed by atoms with Gasteiger partial charge in [-0.15, -0.1) is 0 Å². The number of carbonyl (C=O) groups excluding carboxylic acids is 2. The minimum absolute atomic E-state index is 0. The van der Waals surface area contributed by atoms with E-state index in [1.54, 1.807) is 0 Å². The molecule has 101 heavy (non-hydrogen) atoms. The van der Waals surface area contributed by atoms with Gasteiger partial charge in [-0.2, -0.15) is 0 Å². The number of carboxylic acid groups (broad SMARTS) is 2. The van der Waals surface area contributed by atoms with Crippen molar-refractivity contribution in [1.29, 1.82) is 0 Å². The van der Waals surface area contributed by atoms with Crippen molar-refractivity contribution in [2.24, 2.45) is 0 Å². The zero-order chi connectivity index (χ0) is 69.4. The van der Waals surface area contributed by atoms with Gasteiger partial charge in [-0.05, 0) is 0 Å². The summed E-state index contributed by atoms with van der Waals surface area (Å²) >= 11 is 0. The third-order valence-corrected chi connectivity index (χ3v) is 16.2. The van der Waals surface area contributed by atoms with Crippen LogP contribution in [0, 0.1) is 0 Å². The monoisotopic (exact) mass is 1730 g/mol. The Bertz CT molecular complexity index is 3530. The maximum absolute atomic E-state index is 12.8. The molecular weight excluding hydrogens is 1680 g/mol. The summed E-state index contributed by atoms with van der Waals surface area (Å²) in [7, 11) is -48.4. The molecule has 534 valence electrons. The molecule has 5 heterocycles. The van der Waals surface area contributed by atoms with E-state index >= 15 is 0 Å². The van der Waals surface area contributed by atoms with Crippen molar-refractivity contribution in [3.63, 3.8) is 0 Å². The number of ether oxygens (including phenoxy) is 10. The first-order valence-electron chi connectivity index (χ1n) is 23.4. The van der Waals surface area contributed by atoms with Gasteiger partial charge in [-0.3, -0.25) is 20.9 Å². The standard InChI is InChI=1S/C31H53N3O49S8.10Na/c1-69-27-9(33-85(48,49)50)13(37)17(6(74-27)3-71-88(57,58)59)76-31-22(83-91(66,67)68)16(40)21(24(81-31)26(43)44)79-29-10(34-86(51,52)53)19(82-90(63,64)65)18(7(75-29)4-72-89(60,61)62)77-30-15(39)14(38)20(23(80-30)25(41)42)78-28-8(32-84(45,46)47)12(36)11(35)5(73-28)2-70-87(54,55)56;;;;;;;;;;/h5-24,27-40H,2-4H2,1H3,(H,41,42)(H,43,44)(H,45,46,47)(H,48,49,50)(H,51,52,53)(H,54,55,56)(H,57,58,59)(H,60,61,62)(H,63,64,65)(H,66,67,68);;;;;;;;;;/q;10*+1/p-10/t5-,6-,7-,8+,9+,10+,11+,12-,13-,14+,15-,16-,17+,18+,19-,20+,21+,22-,23-,24-,27-,28+,29+,30+,31+;;;;;;;;;;/m1........../s1. The van der Waals surface area contributed by atoms with Crippen molar-refractivity contribution in [3.05, 3.63) is 0 Å². The summed E-state index contributed by atoms with van der Waals surface area (Å²) in [6.07, 6.45) is -66.6. The maximum atomic E-state index is 12.8. The molecule has 0 saturated carbocycles. The topological polar surface area (TPSA) is 834 Å². The first kappa shape index (κ1) is 119. The number of methoxy groups -OCH3 is 1. The van der Waals surface area contributed by atoms with Crippen molar-refractivity contribution >= 4 is 94.8 Å². The van der Waals surface area contributed by atoms with E-state index in [9.17, 15) is 154 Å². The fourth-order valence-electron chi connectivity index (χ4n) is 8.93. The predicted octanol–water partition coefficient (Wildman–Crippen LogP) is -49.1. The summed E-state index contributed by atoms with van der Waals surface area (Å²) in [6.45, 7) is -5.44. The molecule has 70 heteroatoms. The second-order valence-corrected chi connectivity index (χ2v) is 27.1. The number of hydrogen-bond acceptors (Lipinski definition) is 49. The molecular formula is C31H43N3Na10O49S8. The largest absolute Gasteiger partial charge is 1.00 e. The van der Waals surface area contributed by atoms with E-state index in [1.807, 2.05) is 0 Å². The SMILES string of the molecule is CO[C@@H]1O[C@H](COS(=O)(=O)[O-])[C@H](O[C@H]2O[C@@H](C(=O)[O-])[C@@H](O[C@@H]3O[C@H](COS(=O)(=O)[O-])[C@H](O[C@H]4O[C@@H](C(=O)[O-])[C@@H](O[C@@H]5O[C@H](COS(=O)(=O)[O-])[C@H](O)[C@H](O)[C@@H]5NS(=O)(=O)[O-])[C@@H](O)[C@H]4O)[C@H](OS(=O)(=O)[O-])[C@@H]3NS(=O)(=O)[O-])[C@@H](O)[C@H]2OS(=O)(=O)[O-])[C@H](O)[C@@H]1NS(=O)(=O)[O-].[Na+].[Na+].[Na+].[Na+].[Na+].[Na+].[Na+].[Na+].[Na+].[Na+]. The number of rotatable bonds is 30. The van der Waals surface area contributed by atoms with Crippen LogP contribution in [0.25, 0.3) is 0 Å². The van der Waals surface area contributed by atoms with E-state index in [-0.39, 0.29) is 296 Å². The molecule has 0 aromatic heterocycles. The molecule has 0 spiro atoms. The van der Waals surface area contributed by atoms with Crippen molar-refractivity contribution < 1.29 is 518 Å². The zero-order valence-corrected chi connectivity index (χ0v) is 80.1. The average molecular weight is 1730 g/mol. The Labute approximate surface area is 793 Å². The molecule has 0 bridgehead atoms. The molecule has 5 aliphatic rings. The molecule has 0 amide bonds. The molecule has 0 aliphatic carbocycles. The molecule has 0 radical (unpaired) electrons. The number of aliphatic hydroxyl groups excluding tert-OH is 6. The number of aliphatic carboxylic acids is 2. The van der Waals surface area contributed by atoms with Crippen LogP contribution in [0.1, 0.15) is 0 Å². The minimum atomic E-state index is -6.68. The van der Waals surface area contributed by atoms with Gasteiger partial charge in [-0.25, -0.2) is 81.5 Å². The molecule has 5 aliphatic heterocycles. The fraction of sp³-hybridized carbons (Fsp3) is 0.935. The Kier molecular flexibility index (Phi) is 57.7. The molecule has 25 atom stereocenters. The summed E-state index contributed by atoms with van der Waals surface area (Å²) in [5, 5.41) is 92.1. The summed E-state index contributed by atoms with van der Waals surface area (Å²) in [5.74, 6) is -5.54. The summed E-state index contributed by atoms with van der Waals surface area (Å²) in [4.78, 5) is 25.5. The van der Waals surface area contributed by atoms with E-state index in [1.165, 1.54) is 4.72 Å². The van der Waals surface area contributed by atoms with Crippen LogP contribution in [-0.2, 0) is 161 Å². The summed E-state index contributed by atoms with van der Waals surface area (Å²) in [6, 6.07) is -8.60. The fourth-order valence-corrected chi connectivity index (χ4v) is 12.6. The van der Waals surface area contributed by atoms with Gasteiger partial charge in [-0.1, -0.05) is 0 Å². The molecule has 0 unspecified atom stereocenters. The van der Waals surface area contributed by atoms with Crippen LogP contribution in [0.5, 0.6) is 0 Å². The molecule has 52 nitrogen and oxygen atoms in total. The quantitative estimate of drug-likeness (QED) is 0.0183. The number of carboxylic acids is 2. The van der Waals surface area contributed by atoms with Crippen LogP contribution in [-0.4, -0.2) is 327 Å². The van der Waals surface area contributed by atoms with Crippen LogP contribution in [0.4, 0.5) is 0 Å². The number of nitrogens with one attached hydrogen (secondary N) is 3. The second-order valence-electron chi connectivity index (χ2n) is 18.5. The van der Waals surface area contributed by atoms with Crippen molar-refractivity contribution in [2.75, 3.05) is 26.9 Å². The van der Waals surface area contributed by atoms with Gasteiger partial charge >= 0.3 is 296 Å². The molecule has 0 aromatic rings. The Morgan fingerprint density at radius 1 is 0.337 bits per heavy atom. The molecule has 5 fully saturated rings. The van der Waals surface area contributed by atoms with E-state index in [2.05, 4.69) is 20.9 Å². The first-order chi connectivity index (χ1) is 41.2. The van der Waals surface area contributed by atoms with Crippen LogP contribution in [0.3, 0.4) is 0 Å². The third kappa shape index (κ3) is 38.3. The van der Waals surface area contributed by atoms with E-state index < -0.39 is 268 Å². The van der Waals surface area contributed by atoms with Crippen LogP contribution >= 0.6 is 0 Å². The van der Waals surface area contributed by atoms with Crippen molar-refractivity contribution in [1.82, 2.24) is 14.2 Å². The van der Waals surface area contributed by atoms with Gasteiger partial charge in [0, 0.05) is 7.11 Å². The Morgan fingerprint density at radius 3 is 1.04 bits per heavy atom. The van der Waals surface area contributed by atoms with Gasteiger partial charge < -0.3 is 134 Å². The maximum Gasteiger partial charge on any atom is 1.00 e. The average Bonchev–Trinajstić information content (AvgIpc) is 0.764. The van der Waals surface area contributed by atoms with E-state index in [0.717, 1.165) is 9.44 Å². The van der Waals surface area contributed by atoms with Gasteiger partial charge in [0.25, 0.3) is 0 Å². The number of carbonyl (C=O) groups is 2. The van der Waals surface area contributed by atoms with E-state index in [0.29, 0.717) is 7.11 Å². The molecule has 0 aromatic carbocycles. The summed E-state index contributed by atoms with van der Waals surface area (Å²) < 4.78 is 359. The Morgan fingerprint density at radius 2 is 0.653 bits per heavy atom. The van der Waals surface area contributed by atoms with Crippen molar-refractivity contribution in [2.45, 2.75) is 153 Å². The molecule has 9 N–H and O–H groups in total.